The molecule has 3 rings (SSSR count). The summed E-state index contributed by atoms with van der Waals surface area (Å²) in [6.07, 6.45) is 6.30. The molecule has 0 aliphatic heterocycles. The Morgan fingerprint density at radius 1 is 1.32 bits per heavy atom. The number of rotatable bonds is 10. The summed E-state index contributed by atoms with van der Waals surface area (Å²) in [6, 6.07) is 3.94. The number of hydrogen-bond donors (Lipinski definition) is 4. The van der Waals surface area contributed by atoms with Crippen molar-refractivity contribution in [3.63, 3.8) is 0 Å². The van der Waals surface area contributed by atoms with Crippen molar-refractivity contribution in [1.29, 1.82) is 0 Å². The molecule has 2 heterocycles. The minimum absolute atomic E-state index is 0.00762. The van der Waals surface area contributed by atoms with E-state index in [2.05, 4.69) is 26.2 Å². The highest BCUT2D eigenvalue weighted by Crippen LogP contribution is 2.26. The van der Waals surface area contributed by atoms with Crippen molar-refractivity contribution in [2.45, 2.75) is 32.4 Å². The molecule has 11 nitrogen and oxygen atoms in total. The number of carbonyl (C=O) groups is 3. The first-order chi connectivity index (χ1) is 16.2. The first-order valence-corrected chi connectivity index (χ1v) is 10.9. The van der Waals surface area contributed by atoms with Gasteiger partial charge in [-0.05, 0) is 31.0 Å². The molecule has 1 atom stereocenters. The van der Waals surface area contributed by atoms with E-state index < -0.39 is 30.3 Å². The van der Waals surface area contributed by atoms with E-state index in [-0.39, 0.29) is 23.5 Å². The van der Waals surface area contributed by atoms with Crippen molar-refractivity contribution in [3.05, 3.63) is 51.1 Å². The van der Waals surface area contributed by atoms with Gasteiger partial charge < -0.3 is 25.4 Å². The Morgan fingerprint density at radius 2 is 2.09 bits per heavy atom. The molecule has 34 heavy (non-hydrogen) atoms. The number of benzene rings is 1. The standard InChI is InChI=1S/C22H21N5O6S/c1-3-8-27(11-13-4-5-15-14(9-13)19(30)25-12(2)24-15)17-10-23-21(34-17)20(31)26-16(22(32)33)6-7-18(28)29/h1,4-5,9-10,16H,6-8,11H2,2H3,(H,26,31)(H,28,29)(H,32,33)(H,24,25,30)/t16-/m0/s1. The van der Waals surface area contributed by atoms with Gasteiger partial charge in [0.15, 0.2) is 5.01 Å². The third kappa shape index (κ3) is 5.96. The van der Waals surface area contributed by atoms with E-state index in [1.165, 1.54) is 6.20 Å². The van der Waals surface area contributed by atoms with Crippen LogP contribution in [0.1, 0.15) is 34.0 Å². The van der Waals surface area contributed by atoms with Gasteiger partial charge in [0.1, 0.15) is 16.9 Å². The number of aliphatic carboxylic acids is 2. The molecule has 3 aromatic rings. The minimum Gasteiger partial charge on any atom is -0.481 e. The third-order valence-corrected chi connectivity index (χ3v) is 5.85. The van der Waals surface area contributed by atoms with Crippen LogP contribution in [0.15, 0.2) is 29.2 Å². The summed E-state index contributed by atoms with van der Waals surface area (Å²) in [5.41, 5.74) is 1.11. The number of anilines is 1. The van der Waals surface area contributed by atoms with Crippen LogP contribution in [0.3, 0.4) is 0 Å². The molecule has 1 aromatic carbocycles. The molecule has 2 aromatic heterocycles. The Hall–Kier alpha value is -4.24. The van der Waals surface area contributed by atoms with Crippen molar-refractivity contribution >= 4 is 45.1 Å². The smallest absolute Gasteiger partial charge is 0.326 e. The normalized spacial score (nSPS) is 11.5. The predicted molar refractivity (Wildman–Crippen MR) is 125 cm³/mol. The number of carbonyl (C=O) groups excluding carboxylic acids is 1. The van der Waals surface area contributed by atoms with Crippen molar-refractivity contribution in [2.75, 3.05) is 11.4 Å². The topological polar surface area (TPSA) is 166 Å². The molecule has 0 radical (unpaired) electrons. The van der Waals surface area contributed by atoms with Gasteiger partial charge in [-0.15, -0.1) is 6.42 Å². The van der Waals surface area contributed by atoms with E-state index in [9.17, 15) is 24.3 Å². The Labute approximate surface area is 197 Å². The highest BCUT2D eigenvalue weighted by atomic mass is 32.1. The van der Waals surface area contributed by atoms with Crippen LogP contribution >= 0.6 is 11.3 Å². The molecule has 0 fully saturated rings. The predicted octanol–water partition coefficient (Wildman–Crippen LogP) is 1.38. The van der Waals surface area contributed by atoms with Gasteiger partial charge in [-0.25, -0.2) is 14.8 Å². The lowest BCUT2D eigenvalue weighted by Gasteiger charge is -2.20. The second-order valence-electron chi connectivity index (χ2n) is 7.36. The quantitative estimate of drug-likeness (QED) is 0.312. The lowest BCUT2D eigenvalue weighted by molar-refractivity contribution is -0.140. The Balaban J connectivity index is 1.78. The van der Waals surface area contributed by atoms with Crippen LogP contribution in [0.4, 0.5) is 5.00 Å². The van der Waals surface area contributed by atoms with Crippen molar-refractivity contribution < 1.29 is 24.6 Å². The van der Waals surface area contributed by atoms with Crippen molar-refractivity contribution in [3.8, 4) is 12.3 Å². The molecule has 0 saturated carbocycles. The molecule has 0 unspecified atom stereocenters. The zero-order valence-electron chi connectivity index (χ0n) is 18.1. The SMILES string of the molecule is C#CCN(Cc1ccc2nc(C)[nH]c(=O)c2c1)c1cnc(C(=O)N[C@@H](CCC(=O)O)C(=O)O)s1. The average Bonchev–Trinajstić information content (AvgIpc) is 3.26. The number of carboxylic acid groups (broad SMARTS) is 2. The highest BCUT2D eigenvalue weighted by Gasteiger charge is 2.24. The number of aromatic nitrogens is 3. The first-order valence-electron chi connectivity index (χ1n) is 10.1. The highest BCUT2D eigenvalue weighted by molar-refractivity contribution is 7.17. The fourth-order valence-electron chi connectivity index (χ4n) is 3.21. The van der Waals surface area contributed by atoms with Crippen LogP contribution in [0.5, 0.6) is 0 Å². The van der Waals surface area contributed by atoms with Gasteiger partial charge >= 0.3 is 11.9 Å². The van der Waals surface area contributed by atoms with Gasteiger partial charge in [-0.3, -0.25) is 14.4 Å². The number of amides is 1. The fraction of sp³-hybridized carbons (Fsp3) is 0.273. The molecular formula is C22H21N5O6S. The van der Waals surface area contributed by atoms with Gasteiger partial charge in [-0.1, -0.05) is 23.3 Å². The maximum Gasteiger partial charge on any atom is 0.326 e. The van der Waals surface area contributed by atoms with Crippen LogP contribution in [-0.2, 0) is 16.1 Å². The summed E-state index contributed by atoms with van der Waals surface area (Å²) in [6.45, 7) is 2.22. The van der Waals surface area contributed by atoms with E-state index in [0.717, 1.165) is 16.9 Å². The maximum atomic E-state index is 12.5. The van der Waals surface area contributed by atoms with Crippen LogP contribution in [0.25, 0.3) is 10.9 Å². The molecule has 0 saturated heterocycles. The molecule has 12 heteroatoms. The van der Waals surface area contributed by atoms with E-state index in [0.29, 0.717) is 28.3 Å². The number of hydrogen-bond acceptors (Lipinski definition) is 8. The van der Waals surface area contributed by atoms with Crippen LogP contribution in [-0.4, -0.2) is 55.6 Å². The number of aromatic amines is 1. The van der Waals surface area contributed by atoms with Gasteiger partial charge in [0, 0.05) is 13.0 Å². The van der Waals surface area contributed by atoms with Gasteiger partial charge in [0.25, 0.3) is 11.5 Å². The third-order valence-electron chi connectivity index (χ3n) is 4.79. The van der Waals surface area contributed by atoms with Crippen LogP contribution in [0.2, 0.25) is 0 Å². The van der Waals surface area contributed by atoms with Crippen molar-refractivity contribution in [1.82, 2.24) is 20.3 Å². The number of fused-ring (bicyclic) bond motifs is 1. The number of thiazole rings is 1. The Kier molecular flexibility index (Phi) is 7.60. The summed E-state index contributed by atoms with van der Waals surface area (Å²) in [5.74, 6) is -0.166. The molecule has 1 amide bonds. The molecule has 4 N–H and O–H groups in total. The number of carboxylic acids is 2. The maximum absolute atomic E-state index is 12.5. The lowest BCUT2D eigenvalue weighted by atomic mass is 10.1. The first kappa shape index (κ1) is 24.4. The second-order valence-corrected chi connectivity index (χ2v) is 8.37. The number of H-pyrrole nitrogens is 1. The summed E-state index contributed by atoms with van der Waals surface area (Å²) in [7, 11) is 0. The van der Waals surface area contributed by atoms with E-state index in [1.807, 2.05) is 6.07 Å². The number of terminal acetylenes is 1. The van der Waals surface area contributed by atoms with Crippen LogP contribution in [0, 0.1) is 19.3 Å². The zero-order valence-corrected chi connectivity index (χ0v) is 18.9. The molecule has 0 bridgehead atoms. The minimum atomic E-state index is -1.36. The molecule has 0 aliphatic carbocycles. The summed E-state index contributed by atoms with van der Waals surface area (Å²) < 4.78 is 0. The number of aryl methyl sites for hydroxylation is 1. The second kappa shape index (κ2) is 10.6. The zero-order chi connectivity index (χ0) is 24.8. The summed E-state index contributed by atoms with van der Waals surface area (Å²) in [5, 5.41) is 21.3. The van der Waals surface area contributed by atoms with E-state index in [4.69, 9.17) is 11.5 Å². The number of nitrogens with one attached hydrogen (secondary N) is 2. The Bertz CT molecular complexity index is 1340. The molecular weight excluding hydrogens is 462 g/mol. The molecule has 0 aliphatic rings. The van der Waals surface area contributed by atoms with Gasteiger partial charge in [-0.2, -0.15) is 0 Å². The molecule has 0 spiro atoms. The van der Waals surface area contributed by atoms with E-state index in [1.54, 1.807) is 24.0 Å². The lowest BCUT2D eigenvalue weighted by Crippen LogP contribution is -2.41. The van der Waals surface area contributed by atoms with Crippen molar-refractivity contribution in [2.24, 2.45) is 0 Å². The van der Waals surface area contributed by atoms with Gasteiger partial charge in [0.2, 0.25) is 0 Å². The van der Waals surface area contributed by atoms with E-state index >= 15 is 0 Å². The largest absolute Gasteiger partial charge is 0.481 e. The average molecular weight is 484 g/mol. The monoisotopic (exact) mass is 483 g/mol. The summed E-state index contributed by atoms with van der Waals surface area (Å²) >= 11 is 1.01. The van der Waals surface area contributed by atoms with Crippen LogP contribution < -0.4 is 15.8 Å². The molecule has 176 valence electrons. The van der Waals surface area contributed by atoms with Gasteiger partial charge in [0.05, 0.1) is 23.6 Å². The summed E-state index contributed by atoms with van der Waals surface area (Å²) in [4.78, 5) is 59.6. The number of nitrogens with zero attached hydrogens (tertiary/aromatic N) is 3. The fourth-order valence-corrected chi connectivity index (χ4v) is 4.02. The Morgan fingerprint density at radius 3 is 2.76 bits per heavy atom.